The Kier molecular flexibility index (Phi) is 58.2. The Bertz CT molecular complexity index is 1190. The molecular weight excluding hydrogens is 877 g/mol. The van der Waals surface area contributed by atoms with E-state index in [1.165, 1.54) is 225 Å². The molecule has 6 heteroatoms. The predicted molar refractivity (Wildman–Crippen MR) is 307 cm³/mol. The van der Waals surface area contributed by atoms with Crippen LogP contribution in [0.4, 0.5) is 0 Å². The molecule has 6 nitrogen and oxygen atoms in total. The molecule has 0 aliphatic heterocycles. The molecule has 0 rings (SSSR count). The van der Waals surface area contributed by atoms with Crippen molar-refractivity contribution in [3.63, 3.8) is 0 Å². The number of ether oxygens (including phenoxy) is 3. The van der Waals surface area contributed by atoms with Crippen molar-refractivity contribution in [2.45, 2.75) is 348 Å². The topological polar surface area (TPSA) is 78.9 Å². The predicted octanol–water partition coefficient (Wildman–Crippen LogP) is 21.2. The highest BCUT2D eigenvalue weighted by Crippen LogP contribution is 2.17. The molecule has 0 aromatic heterocycles. The molecule has 0 aliphatic rings. The van der Waals surface area contributed by atoms with Gasteiger partial charge in [0.1, 0.15) is 13.2 Å². The van der Waals surface area contributed by atoms with Crippen LogP contribution < -0.4 is 0 Å². The summed E-state index contributed by atoms with van der Waals surface area (Å²) < 4.78 is 16.9. The SMILES string of the molecule is CCCCCCC/C=C\C/C=C\C/C=C\CCCCCCCCC(=O)OC(COC(=O)CCCCCCCCCCCC)COC(=O)CCCCCCCCCCCCCCCCCCCCCCCC. The van der Waals surface area contributed by atoms with Crippen LogP contribution in [0.25, 0.3) is 0 Å². The second-order valence-electron chi connectivity index (χ2n) is 21.3. The van der Waals surface area contributed by atoms with Gasteiger partial charge >= 0.3 is 17.9 Å². The largest absolute Gasteiger partial charge is 0.462 e. The molecule has 71 heavy (non-hydrogen) atoms. The summed E-state index contributed by atoms with van der Waals surface area (Å²) in [5.74, 6) is -0.865. The van der Waals surface area contributed by atoms with Crippen molar-refractivity contribution in [2.75, 3.05) is 13.2 Å². The molecule has 0 aromatic rings. The van der Waals surface area contributed by atoms with Gasteiger partial charge in [-0.1, -0.05) is 301 Å². The lowest BCUT2D eigenvalue weighted by atomic mass is 10.0. The molecule has 416 valence electrons. The Labute approximate surface area is 442 Å². The Morgan fingerprint density at radius 3 is 0.789 bits per heavy atom. The van der Waals surface area contributed by atoms with Crippen LogP contribution in [-0.4, -0.2) is 37.2 Å². The molecule has 0 amide bonds. The number of hydrogen-bond acceptors (Lipinski definition) is 6. The molecule has 0 heterocycles. The van der Waals surface area contributed by atoms with Crippen LogP contribution in [0.3, 0.4) is 0 Å². The molecule has 0 bridgehead atoms. The molecule has 0 saturated carbocycles. The van der Waals surface area contributed by atoms with Crippen molar-refractivity contribution in [1.29, 1.82) is 0 Å². The fourth-order valence-corrected chi connectivity index (χ4v) is 9.39. The summed E-state index contributed by atoms with van der Waals surface area (Å²) in [5.41, 5.74) is 0. The summed E-state index contributed by atoms with van der Waals surface area (Å²) in [6.45, 7) is 6.66. The second-order valence-corrected chi connectivity index (χ2v) is 21.3. The molecule has 1 atom stereocenters. The number of carbonyl (C=O) groups is 3. The van der Waals surface area contributed by atoms with Crippen molar-refractivity contribution >= 4 is 17.9 Å². The van der Waals surface area contributed by atoms with Crippen LogP contribution in [0.1, 0.15) is 342 Å². The molecule has 0 aliphatic carbocycles. The Morgan fingerprint density at radius 1 is 0.282 bits per heavy atom. The zero-order valence-corrected chi connectivity index (χ0v) is 47.8. The summed E-state index contributed by atoms with van der Waals surface area (Å²) in [6.07, 6.45) is 73.0. The smallest absolute Gasteiger partial charge is 0.306 e. The Hall–Kier alpha value is -2.37. The number of rotatable bonds is 58. The normalized spacial score (nSPS) is 12.2. The summed E-state index contributed by atoms with van der Waals surface area (Å²) in [5, 5.41) is 0. The van der Waals surface area contributed by atoms with Crippen molar-refractivity contribution in [3.05, 3.63) is 36.5 Å². The first-order chi connectivity index (χ1) is 35.0. The van der Waals surface area contributed by atoms with E-state index >= 15 is 0 Å². The van der Waals surface area contributed by atoms with Gasteiger partial charge in [0.15, 0.2) is 6.10 Å². The third-order valence-electron chi connectivity index (χ3n) is 14.1. The van der Waals surface area contributed by atoms with E-state index in [4.69, 9.17) is 14.2 Å². The summed E-state index contributed by atoms with van der Waals surface area (Å²) in [7, 11) is 0. The fraction of sp³-hybridized carbons (Fsp3) is 0.862. The van der Waals surface area contributed by atoms with Crippen LogP contribution in [0.5, 0.6) is 0 Å². The van der Waals surface area contributed by atoms with Gasteiger partial charge in [-0.25, -0.2) is 0 Å². The fourth-order valence-electron chi connectivity index (χ4n) is 9.39. The zero-order chi connectivity index (χ0) is 51.4. The molecule has 0 saturated heterocycles. The standard InChI is InChI=1S/C65H120O6/c1-4-7-10-13-16-19-22-24-26-28-30-32-34-35-37-39-41-43-46-49-52-55-58-64(67)70-61-62(60-69-63(66)57-54-51-48-45-21-18-15-12-9-6-3)71-65(68)59-56-53-50-47-44-42-40-38-36-33-31-29-27-25-23-20-17-14-11-8-5-2/h23,25,29,31,36,38,62H,4-22,24,26-28,30,32-35,37,39-61H2,1-3H3/b25-23-,31-29-,38-36-. The molecular formula is C65H120O6. The van der Waals surface area contributed by atoms with Crippen LogP contribution in [0.2, 0.25) is 0 Å². The average Bonchev–Trinajstić information content (AvgIpc) is 3.37. The van der Waals surface area contributed by atoms with Crippen molar-refractivity contribution in [1.82, 2.24) is 0 Å². The highest BCUT2D eigenvalue weighted by atomic mass is 16.6. The van der Waals surface area contributed by atoms with Gasteiger partial charge in [0.05, 0.1) is 0 Å². The summed E-state index contributed by atoms with van der Waals surface area (Å²) in [6, 6.07) is 0. The lowest BCUT2D eigenvalue weighted by Crippen LogP contribution is -2.30. The molecule has 0 fully saturated rings. The van der Waals surface area contributed by atoms with E-state index in [1.54, 1.807) is 0 Å². The highest BCUT2D eigenvalue weighted by Gasteiger charge is 2.19. The van der Waals surface area contributed by atoms with Gasteiger partial charge in [-0.2, -0.15) is 0 Å². The average molecular weight is 998 g/mol. The summed E-state index contributed by atoms with van der Waals surface area (Å²) in [4.78, 5) is 38.2. The van der Waals surface area contributed by atoms with Crippen LogP contribution in [-0.2, 0) is 28.6 Å². The van der Waals surface area contributed by atoms with Gasteiger partial charge in [0, 0.05) is 19.3 Å². The lowest BCUT2D eigenvalue weighted by Gasteiger charge is -2.18. The van der Waals surface area contributed by atoms with Crippen molar-refractivity contribution < 1.29 is 28.6 Å². The zero-order valence-electron chi connectivity index (χ0n) is 47.8. The van der Waals surface area contributed by atoms with E-state index < -0.39 is 6.10 Å². The maximum Gasteiger partial charge on any atom is 0.306 e. The maximum absolute atomic E-state index is 12.9. The number of allylic oxidation sites excluding steroid dienone is 6. The van der Waals surface area contributed by atoms with Gasteiger partial charge in [0.2, 0.25) is 0 Å². The van der Waals surface area contributed by atoms with Gasteiger partial charge in [-0.05, 0) is 57.8 Å². The summed E-state index contributed by atoms with van der Waals surface area (Å²) >= 11 is 0. The monoisotopic (exact) mass is 997 g/mol. The Balaban J connectivity index is 4.24. The number of unbranched alkanes of at least 4 members (excludes halogenated alkanes) is 41. The van der Waals surface area contributed by atoms with Gasteiger partial charge < -0.3 is 14.2 Å². The first kappa shape index (κ1) is 68.6. The van der Waals surface area contributed by atoms with E-state index in [0.29, 0.717) is 19.3 Å². The molecule has 0 aromatic carbocycles. The maximum atomic E-state index is 12.9. The van der Waals surface area contributed by atoms with E-state index in [0.717, 1.165) is 77.0 Å². The van der Waals surface area contributed by atoms with Crippen molar-refractivity contribution in [3.8, 4) is 0 Å². The highest BCUT2D eigenvalue weighted by molar-refractivity contribution is 5.71. The molecule has 0 N–H and O–H groups in total. The quantitative estimate of drug-likeness (QED) is 0.0261. The number of esters is 3. The Morgan fingerprint density at radius 2 is 0.507 bits per heavy atom. The minimum Gasteiger partial charge on any atom is -0.462 e. The molecule has 0 spiro atoms. The van der Waals surface area contributed by atoms with E-state index in [-0.39, 0.29) is 31.1 Å². The van der Waals surface area contributed by atoms with E-state index in [2.05, 4.69) is 57.2 Å². The minimum atomic E-state index is -0.775. The first-order valence-electron chi connectivity index (χ1n) is 31.5. The molecule has 0 radical (unpaired) electrons. The van der Waals surface area contributed by atoms with Crippen LogP contribution in [0, 0.1) is 0 Å². The van der Waals surface area contributed by atoms with Gasteiger partial charge in [-0.15, -0.1) is 0 Å². The second kappa shape index (κ2) is 60.2. The lowest BCUT2D eigenvalue weighted by molar-refractivity contribution is -0.167. The van der Waals surface area contributed by atoms with Gasteiger partial charge in [-0.3, -0.25) is 14.4 Å². The van der Waals surface area contributed by atoms with Crippen LogP contribution >= 0.6 is 0 Å². The minimum absolute atomic E-state index is 0.0726. The van der Waals surface area contributed by atoms with E-state index in [9.17, 15) is 14.4 Å². The van der Waals surface area contributed by atoms with Crippen molar-refractivity contribution in [2.24, 2.45) is 0 Å². The van der Waals surface area contributed by atoms with Crippen LogP contribution in [0.15, 0.2) is 36.5 Å². The number of carbonyl (C=O) groups excluding carboxylic acids is 3. The third kappa shape index (κ3) is 58.4. The van der Waals surface area contributed by atoms with E-state index in [1.807, 2.05) is 0 Å². The number of hydrogen-bond donors (Lipinski definition) is 0. The van der Waals surface area contributed by atoms with Gasteiger partial charge in [0.25, 0.3) is 0 Å². The molecule has 1 unspecified atom stereocenters. The first-order valence-corrected chi connectivity index (χ1v) is 31.5. The third-order valence-corrected chi connectivity index (χ3v) is 14.1.